The van der Waals surface area contributed by atoms with Crippen molar-refractivity contribution in [2.24, 2.45) is 5.73 Å². The van der Waals surface area contributed by atoms with Gasteiger partial charge in [0.1, 0.15) is 0 Å². The lowest BCUT2D eigenvalue weighted by Gasteiger charge is -2.19. The van der Waals surface area contributed by atoms with Gasteiger partial charge in [0, 0.05) is 0 Å². The van der Waals surface area contributed by atoms with Crippen LogP contribution in [-0.2, 0) is 5.41 Å². The van der Waals surface area contributed by atoms with Crippen LogP contribution in [0, 0.1) is 0 Å². The fourth-order valence-electron chi connectivity index (χ4n) is 1.76. The molecule has 0 amide bonds. The second-order valence-corrected chi connectivity index (χ2v) is 5.54. The van der Waals surface area contributed by atoms with Gasteiger partial charge >= 0.3 is 0 Å². The molecule has 0 fully saturated rings. The Labute approximate surface area is 107 Å². The first-order chi connectivity index (χ1) is 8.41. The van der Waals surface area contributed by atoms with Crippen molar-refractivity contribution in [3.8, 4) is 0 Å². The molecule has 4 heteroatoms. The van der Waals surface area contributed by atoms with Crippen molar-refractivity contribution in [1.82, 2.24) is 9.97 Å². The lowest BCUT2D eigenvalue weighted by atomic mass is 9.87. The van der Waals surface area contributed by atoms with Crippen molar-refractivity contribution in [3.63, 3.8) is 0 Å². The summed E-state index contributed by atoms with van der Waals surface area (Å²) >= 11 is 0. The summed E-state index contributed by atoms with van der Waals surface area (Å²) in [4.78, 5) is 8.79. The first-order valence-electron chi connectivity index (χ1n) is 6.05. The number of hydrogen-bond acceptors (Lipinski definition) is 4. The third-order valence-electron chi connectivity index (χ3n) is 3.00. The highest BCUT2D eigenvalue weighted by atomic mass is 16.3. The highest BCUT2D eigenvalue weighted by Crippen LogP contribution is 2.25. The van der Waals surface area contributed by atoms with Crippen LogP contribution in [0.15, 0.2) is 24.4 Å². The number of aliphatic hydroxyl groups excluding tert-OH is 1. The highest BCUT2D eigenvalue weighted by Gasteiger charge is 2.15. The first-order valence-corrected chi connectivity index (χ1v) is 6.05. The van der Waals surface area contributed by atoms with Gasteiger partial charge < -0.3 is 10.8 Å². The Morgan fingerprint density at radius 2 is 2.00 bits per heavy atom. The normalized spacial score (nSPS) is 13.8. The fourth-order valence-corrected chi connectivity index (χ4v) is 1.76. The second kappa shape index (κ2) is 4.63. The van der Waals surface area contributed by atoms with E-state index in [1.54, 1.807) is 6.20 Å². The van der Waals surface area contributed by atoms with E-state index in [9.17, 15) is 0 Å². The highest BCUT2D eigenvalue weighted by molar-refractivity contribution is 5.75. The minimum Gasteiger partial charge on any atom is -0.394 e. The van der Waals surface area contributed by atoms with Gasteiger partial charge in [0.15, 0.2) is 0 Å². The summed E-state index contributed by atoms with van der Waals surface area (Å²) in [5.74, 6) is 0. The van der Waals surface area contributed by atoms with E-state index in [0.29, 0.717) is 5.69 Å². The minimum atomic E-state index is -0.472. The summed E-state index contributed by atoms with van der Waals surface area (Å²) in [5.41, 5.74) is 9.33. The Kier molecular flexibility index (Phi) is 3.32. The molecular weight excluding hydrogens is 226 g/mol. The van der Waals surface area contributed by atoms with Crippen LogP contribution in [0.2, 0.25) is 0 Å². The number of nitrogens with two attached hydrogens (primary N) is 1. The molecule has 0 aliphatic carbocycles. The van der Waals surface area contributed by atoms with E-state index < -0.39 is 6.04 Å². The summed E-state index contributed by atoms with van der Waals surface area (Å²) < 4.78 is 0. The van der Waals surface area contributed by atoms with Gasteiger partial charge in [-0.05, 0) is 23.1 Å². The summed E-state index contributed by atoms with van der Waals surface area (Å²) in [6, 6.07) is 5.61. The summed E-state index contributed by atoms with van der Waals surface area (Å²) in [6.45, 7) is 6.35. The molecule has 1 unspecified atom stereocenters. The fraction of sp³-hybridized carbons (Fsp3) is 0.429. The molecule has 0 saturated carbocycles. The maximum absolute atomic E-state index is 9.05. The number of rotatable bonds is 2. The molecule has 2 aromatic rings. The van der Waals surface area contributed by atoms with Gasteiger partial charge in [-0.2, -0.15) is 0 Å². The molecule has 0 spiro atoms. The summed E-state index contributed by atoms with van der Waals surface area (Å²) in [5, 5.41) is 9.05. The smallest absolute Gasteiger partial charge is 0.0893 e. The summed E-state index contributed by atoms with van der Waals surface area (Å²) in [6.07, 6.45) is 1.62. The van der Waals surface area contributed by atoms with Crippen molar-refractivity contribution in [2.75, 3.05) is 6.61 Å². The predicted octanol–water partition coefficient (Wildman–Crippen LogP) is 1.92. The Balaban J connectivity index is 2.53. The average molecular weight is 245 g/mol. The van der Waals surface area contributed by atoms with Gasteiger partial charge in [-0.15, -0.1) is 0 Å². The monoisotopic (exact) mass is 245 g/mol. The van der Waals surface area contributed by atoms with Crippen LogP contribution >= 0.6 is 0 Å². The maximum Gasteiger partial charge on any atom is 0.0893 e. The van der Waals surface area contributed by atoms with Crippen LogP contribution in [0.3, 0.4) is 0 Å². The van der Waals surface area contributed by atoms with Crippen molar-refractivity contribution in [2.45, 2.75) is 32.2 Å². The number of benzene rings is 1. The van der Waals surface area contributed by atoms with Crippen LogP contribution < -0.4 is 5.73 Å². The molecule has 0 aliphatic rings. The van der Waals surface area contributed by atoms with Crippen LogP contribution in [-0.4, -0.2) is 21.7 Å². The summed E-state index contributed by atoms with van der Waals surface area (Å²) in [7, 11) is 0. The Hall–Kier alpha value is -1.52. The number of hydrogen-bond donors (Lipinski definition) is 2. The average Bonchev–Trinajstić information content (AvgIpc) is 2.35. The predicted molar refractivity (Wildman–Crippen MR) is 72.3 cm³/mol. The molecule has 18 heavy (non-hydrogen) atoms. The van der Waals surface area contributed by atoms with E-state index in [1.807, 2.05) is 12.1 Å². The van der Waals surface area contributed by atoms with Crippen LogP contribution in [0.4, 0.5) is 0 Å². The van der Waals surface area contributed by atoms with Crippen LogP contribution in [0.25, 0.3) is 11.0 Å². The third-order valence-corrected chi connectivity index (χ3v) is 3.00. The zero-order valence-electron chi connectivity index (χ0n) is 11.0. The van der Waals surface area contributed by atoms with Gasteiger partial charge in [0.05, 0.1) is 35.6 Å². The standard InChI is InChI=1S/C14H19N3O/c1-14(2,3)9-4-5-11-12(6-9)17-13(7-16-11)10(15)8-18/h4-7,10,18H,8,15H2,1-3H3. The molecule has 2 rings (SSSR count). The SMILES string of the molecule is CC(C)(C)c1ccc2ncc(C(N)CO)nc2c1. The molecule has 0 bridgehead atoms. The number of nitrogens with zero attached hydrogens (tertiary/aromatic N) is 2. The molecule has 3 N–H and O–H groups in total. The van der Waals surface area contributed by atoms with Crippen LogP contribution in [0.1, 0.15) is 38.1 Å². The molecule has 96 valence electrons. The molecule has 0 aliphatic heterocycles. The van der Waals surface area contributed by atoms with Crippen molar-refractivity contribution in [3.05, 3.63) is 35.7 Å². The van der Waals surface area contributed by atoms with E-state index in [4.69, 9.17) is 10.8 Å². The molecule has 1 heterocycles. The third kappa shape index (κ3) is 2.49. The van der Waals surface area contributed by atoms with E-state index >= 15 is 0 Å². The van der Waals surface area contributed by atoms with E-state index in [2.05, 4.69) is 36.8 Å². The van der Waals surface area contributed by atoms with Crippen molar-refractivity contribution in [1.29, 1.82) is 0 Å². The lowest BCUT2D eigenvalue weighted by molar-refractivity contribution is 0.266. The van der Waals surface area contributed by atoms with Crippen molar-refractivity contribution < 1.29 is 5.11 Å². The zero-order chi connectivity index (χ0) is 13.3. The largest absolute Gasteiger partial charge is 0.394 e. The van der Waals surface area contributed by atoms with Gasteiger partial charge in [-0.25, -0.2) is 4.98 Å². The molecular formula is C14H19N3O. The molecule has 4 nitrogen and oxygen atoms in total. The Bertz CT molecular complexity index is 560. The van der Waals surface area contributed by atoms with Gasteiger partial charge in [-0.3, -0.25) is 4.98 Å². The van der Waals surface area contributed by atoms with E-state index in [-0.39, 0.29) is 12.0 Å². The van der Waals surface area contributed by atoms with E-state index in [0.717, 1.165) is 11.0 Å². The first kappa shape index (κ1) is 12.9. The number of aliphatic hydroxyl groups is 1. The van der Waals surface area contributed by atoms with Crippen LogP contribution in [0.5, 0.6) is 0 Å². The molecule has 1 aromatic heterocycles. The van der Waals surface area contributed by atoms with E-state index in [1.165, 1.54) is 5.56 Å². The van der Waals surface area contributed by atoms with Gasteiger partial charge in [-0.1, -0.05) is 26.8 Å². The van der Waals surface area contributed by atoms with Crippen molar-refractivity contribution >= 4 is 11.0 Å². The number of aromatic nitrogens is 2. The molecule has 1 aromatic carbocycles. The second-order valence-electron chi connectivity index (χ2n) is 5.54. The molecule has 0 radical (unpaired) electrons. The topological polar surface area (TPSA) is 72.0 Å². The Morgan fingerprint density at radius 1 is 1.28 bits per heavy atom. The van der Waals surface area contributed by atoms with Gasteiger partial charge in [0.25, 0.3) is 0 Å². The quantitative estimate of drug-likeness (QED) is 0.848. The maximum atomic E-state index is 9.05. The zero-order valence-corrected chi connectivity index (χ0v) is 11.0. The Morgan fingerprint density at radius 3 is 2.61 bits per heavy atom. The number of fused-ring (bicyclic) bond motifs is 1. The molecule has 0 saturated heterocycles. The van der Waals surface area contributed by atoms with Gasteiger partial charge in [0.2, 0.25) is 0 Å². The molecule has 1 atom stereocenters. The lowest BCUT2D eigenvalue weighted by Crippen LogP contribution is -2.16. The minimum absolute atomic E-state index is 0.0744.